The van der Waals surface area contributed by atoms with Gasteiger partial charge in [-0.25, -0.2) is 27.9 Å². The Kier molecular flexibility index (Phi) is 11.5. The molecule has 2 amide bonds. The number of nitrogens with one attached hydrogen (secondary N) is 1. The van der Waals surface area contributed by atoms with Crippen LogP contribution in [0.25, 0.3) is 21.7 Å². The molecule has 1 N–H and O–H groups in total. The third kappa shape index (κ3) is 8.70. The number of methoxy groups -OCH3 is 1. The van der Waals surface area contributed by atoms with E-state index in [0.29, 0.717) is 47.9 Å². The first-order chi connectivity index (χ1) is 24.7. The molecule has 0 atom stereocenters. The number of nitrogens with zero attached hydrogens (tertiary/aromatic N) is 4. The van der Waals surface area contributed by atoms with Gasteiger partial charge in [-0.1, -0.05) is 36.4 Å². The predicted octanol–water partition coefficient (Wildman–Crippen LogP) is 8.88. The molecule has 3 heterocycles. The van der Waals surface area contributed by atoms with Gasteiger partial charge in [0.15, 0.2) is 5.82 Å². The Morgan fingerprint density at radius 2 is 1.80 bits per heavy atom. The fourth-order valence-electron chi connectivity index (χ4n) is 5.65. The first-order valence-electron chi connectivity index (χ1n) is 16.1. The number of hydrogen-bond acceptors (Lipinski definition) is 9. The molecular formula is C37H34F3N5O4S2. The zero-order chi connectivity index (χ0) is 35.9. The summed E-state index contributed by atoms with van der Waals surface area (Å²) in [5, 5.41) is 3.46. The standard InChI is InChI=1S/C37H34F3N5O4S2/c1-23(46)42-32-19-26(13-16-41-32)35-34(28-9-6-10-30(33(28)40)45(22-48-2)51-31-20-27(38)11-12-29(31)39)43-36(50-35)25-14-17-44(18-15-25)37(47)49-21-24-7-4-3-5-8-24/h3-13,16,19-20,25H,14-15,17-18,21-22H2,1-2H3,(H,41,42,46). The molecule has 0 aliphatic carbocycles. The van der Waals surface area contributed by atoms with E-state index in [1.165, 1.54) is 35.7 Å². The minimum atomic E-state index is -0.659. The largest absolute Gasteiger partial charge is 0.445 e. The summed E-state index contributed by atoms with van der Waals surface area (Å²) in [6.07, 6.45) is 2.43. The highest BCUT2D eigenvalue weighted by molar-refractivity contribution is 8.00. The molecule has 1 aliphatic rings. The van der Waals surface area contributed by atoms with Gasteiger partial charge in [0.2, 0.25) is 5.91 Å². The second kappa shape index (κ2) is 16.4. The molecule has 1 fully saturated rings. The van der Waals surface area contributed by atoms with Crippen molar-refractivity contribution in [1.29, 1.82) is 0 Å². The lowest BCUT2D eigenvalue weighted by Gasteiger charge is -2.30. The van der Waals surface area contributed by atoms with E-state index < -0.39 is 17.5 Å². The average Bonchev–Trinajstić information content (AvgIpc) is 3.58. The summed E-state index contributed by atoms with van der Waals surface area (Å²) in [6, 6.07) is 20.8. The second-order valence-corrected chi connectivity index (χ2v) is 13.8. The van der Waals surface area contributed by atoms with Crippen molar-refractivity contribution in [2.45, 2.75) is 37.2 Å². The number of piperidine rings is 1. The topological polar surface area (TPSA) is 96.9 Å². The maximum atomic E-state index is 16.7. The van der Waals surface area contributed by atoms with E-state index in [1.54, 1.807) is 35.4 Å². The molecule has 3 aromatic carbocycles. The number of likely N-dealkylation sites (tertiary alicyclic amines) is 1. The van der Waals surface area contributed by atoms with Gasteiger partial charge in [-0.15, -0.1) is 11.3 Å². The molecular weight excluding hydrogens is 700 g/mol. The Labute approximate surface area is 301 Å². The Morgan fingerprint density at radius 3 is 2.55 bits per heavy atom. The second-order valence-electron chi connectivity index (χ2n) is 11.7. The summed E-state index contributed by atoms with van der Waals surface area (Å²) in [5.41, 5.74) is 2.22. The number of pyridine rings is 1. The quantitative estimate of drug-likeness (QED) is 0.106. The molecule has 0 bridgehead atoms. The highest BCUT2D eigenvalue weighted by atomic mass is 32.2. The van der Waals surface area contributed by atoms with Gasteiger partial charge in [0, 0.05) is 44.8 Å². The number of hydrogen-bond donors (Lipinski definition) is 1. The molecule has 6 rings (SSSR count). The third-order valence-electron chi connectivity index (χ3n) is 8.13. The number of thiazole rings is 1. The minimum absolute atomic E-state index is 0.0138. The van der Waals surface area contributed by atoms with Crippen molar-refractivity contribution in [1.82, 2.24) is 14.9 Å². The number of carbonyl (C=O) groups is 2. The molecule has 0 saturated carbocycles. The van der Waals surface area contributed by atoms with E-state index in [4.69, 9.17) is 14.5 Å². The molecule has 5 aromatic rings. The molecule has 264 valence electrons. The summed E-state index contributed by atoms with van der Waals surface area (Å²) in [7, 11) is 1.42. The van der Waals surface area contributed by atoms with E-state index in [0.717, 1.165) is 40.7 Å². The molecule has 2 aromatic heterocycles. The summed E-state index contributed by atoms with van der Waals surface area (Å²) in [4.78, 5) is 36.2. The minimum Gasteiger partial charge on any atom is -0.445 e. The first-order valence-corrected chi connectivity index (χ1v) is 17.7. The van der Waals surface area contributed by atoms with Gasteiger partial charge in [0.1, 0.15) is 30.8 Å². The van der Waals surface area contributed by atoms with Crippen molar-refractivity contribution in [3.63, 3.8) is 0 Å². The van der Waals surface area contributed by atoms with Gasteiger partial charge in [0.05, 0.1) is 26.2 Å². The van der Waals surface area contributed by atoms with Crippen molar-refractivity contribution in [2.75, 3.05) is 36.6 Å². The predicted molar refractivity (Wildman–Crippen MR) is 192 cm³/mol. The van der Waals surface area contributed by atoms with Crippen LogP contribution >= 0.6 is 23.3 Å². The lowest BCUT2D eigenvalue weighted by atomic mass is 9.97. The van der Waals surface area contributed by atoms with Crippen LogP contribution in [0.3, 0.4) is 0 Å². The van der Waals surface area contributed by atoms with E-state index in [-0.39, 0.29) is 47.4 Å². The fourth-order valence-corrected chi connectivity index (χ4v) is 7.85. The fraction of sp³-hybridized carbons (Fsp3) is 0.243. The number of aromatic nitrogens is 2. The van der Waals surface area contributed by atoms with Crippen LogP contribution in [0.4, 0.5) is 29.5 Å². The van der Waals surface area contributed by atoms with Crippen LogP contribution in [0.2, 0.25) is 0 Å². The van der Waals surface area contributed by atoms with E-state index in [2.05, 4.69) is 10.3 Å². The third-order valence-corrected chi connectivity index (χ3v) is 10.4. The Balaban J connectivity index is 1.31. The summed E-state index contributed by atoms with van der Waals surface area (Å²) in [5.74, 6) is -1.89. The van der Waals surface area contributed by atoms with Crippen molar-refractivity contribution < 1.29 is 32.2 Å². The number of rotatable bonds is 11. The zero-order valence-corrected chi connectivity index (χ0v) is 29.4. The van der Waals surface area contributed by atoms with E-state index >= 15 is 4.39 Å². The van der Waals surface area contributed by atoms with Crippen LogP contribution in [0.1, 0.15) is 36.3 Å². The van der Waals surface area contributed by atoms with Gasteiger partial charge in [-0.2, -0.15) is 0 Å². The number of benzene rings is 3. The molecule has 0 spiro atoms. The van der Waals surface area contributed by atoms with Gasteiger partial charge >= 0.3 is 6.09 Å². The van der Waals surface area contributed by atoms with Gasteiger partial charge < -0.3 is 19.7 Å². The van der Waals surface area contributed by atoms with Crippen molar-refractivity contribution in [3.05, 3.63) is 113 Å². The van der Waals surface area contributed by atoms with Crippen LogP contribution in [-0.4, -0.2) is 53.8 Å². The van der Waals surface area contributed by atoms with Crippen LogP contribution in [0, 0.1) is 17.5 Å². The molecule has 0 radical (unpaired) electrons. The van der Waals surface area contributed by atoms with Gasteiger partial charge in [-0.3, -0.25) is 9.10 Å². The van der Waals surface area contributed by atoms with Gasteiger partial charge in [0.25, 0.3) is 0 Å². The summed E-state index contributed by atoms with van der Waals surface area (Å²) >= 11 is 2.22. The maximum Gasteiger partial charge on any atom is 0.410 e. The van der Waals surface area contributed by atoms with Crippen LogP contribution in [0.15, 0.2) is 90.0 Å². The molecule has 1 aliphatic heterocycles. The van der Waals surface area contributed by atoms with Crippen LogP contribution in [-0.2, 0) is 20.9 Å². The monoisotopic (exact) mass is 733 g/mol. The molecule has 1 saturated heterocycles. The number of anilines is 2. The Morgan fingerprint density at radius 1 is 1.02 bits per heavy atom. The highest BCUT2D eigenvalue weighted by Crippen LogP contribution is 2.44. The van der Waals surface area contributed by atoms with Crippen LogP contribution in [0.5, 0.6) is 0 Å². The zero-order valence-electron chi connectivity index (χ0n) is 27.8. The van der Waals surface area contributed by atoms with Crippen molar-refractivity contribution >= 4 is 46.8 Å². The molecule has 0 unspecified atom stereocenters. The number of halogens is 3. The highest BCUT2D eigenvalue weighted by Gasteiger charge is 2.30. The number of ether oxygens (including phenoxy) is 2. The SMILES string of the molecule is COCN(Sc1cc(F)ccc1F)c1cccc(-c2nc(C3CCN(C(=O)OCc4ccccc4)CC3)sc2-c2ccnc(NC(C)=O)c2)c1F. The Hall–Kier alpha value is -4.92. The maximum absolute atomic E-state index is 16.7. The lowest BCUT2D eigenvalue weighted by molar-refractivity contribution is -0.114. The van der Waals surface area contributed by atoms with Gasteiger partial charge in [-0.05, 0) is 78.4 Å². The molecule has 9 nitrogen and oxygen atoms in total. The van der Waals surface area contributed by atoms with E-state index in [1.807, 2.05) is 30.3 Å². The summed E-state index contributed by atoms with van der Waals surface area (Å²) < 4.78 is 57.6. The molecule has 51 heavy (non-hydrogen) atoms. The lowest BCUT2D eigenvalue weighted by Crippen LogP contribution is -2.38. The van der Waals surface area contributed by atoms with Crippen molar-refractivity contribution in [3.8, 4) is 21.7 Å². The number of carbonyl (C=O) groups excluding carboxylic acids is 2. The Bertz CT molecular complexity index is 2010. The number of amides is 2. The molecule has 14 heteroatoms. The van der Waals surface area contributed by atoms with E-state index in [9.17, 15) is 18.4 Å². The first kappa shape index (κ1) is 35.9. The van der Waals surface area contributed by atoms with Crippen LogP contribution < -0.4 is 9.62 Å². The smallest absolute Gasteiger partial charge is 0.410 e. The summed E-state index contributed by atoms with van der Waals surface area (Å²) in [6.45, 7) is 2.37. The van der Waals surface area contributed by atoms with Crippen molar-refractivity contribution in [2.24, 2.45) is 0 Å². The normalized spacial score (nSPS) is 13.2. The average molecular weight is 734 g/mol.